The molecule has 50 heavy (non-hydrogen) atoms. The molecule has 1 aliphatic rings. The maximum atomic E-state index is 15.2. The Bertz CT molecular complexity index is 1890. The van der Waals surface area contributed by atoms with E-state index in [1.165, 1.54) is 42.5 Å². The monoisotopic (exact) mass is 729 g/mol. The van der Waals surface area contributed by atoms with Crippen molar-refractivity contribution in [2.45, 2.75) is 68.2 Å². The molecule has 0 radical (unpaired) electrons. The second-order valence-corrected chi connectivity index (χ2v) is 14.4. The summed E-state index contributed by atoms with van der Waals surface area (Å²) in [5.74, 6) is -2.13. The third kappa shape index (κ3) is 9.02. The van der Waals surface area contributed by atoms with Crippen LogP contribution in [0.3, 0.4) is 0 Å². The Balaban J connectivity index is 1.62. The average molecular weight is 730 g/mol. The molecule has 1 atom stereocenters. The lowest BCUT2D eigenvalue weighted by Gasteiger charge is -2.35. The number of halogens is 5. The van der Waals surface area contributed by atoms with Gasteiger partial charge in [0.15, 0.2) is 0 Å². The SMILES string of the molecule is O=C(NC1CCCCC1)[C@H](Cc1ccccc1)N(Cc1ccccc1F)C(=O)CN(c1cc(C(F)(F)F)ccc1Cl)S(=O)(=O)c1ccccc1. The number of anilines is 1. The van der Waals surface area contributed by atoms with E-state index in [0.29, 0.717) is 22.0 Å². The molecular formula is C37H36ClF4N3O4S. The van der Waals surface area contributed by atoms with E-state index in [9.17, 15) is 31.2 Å². The number of rotatable bonds is 12. The van der Waals surface area contributed by atoms with Gasteiger partial charge in [0.05, 0.1) is 21.2 Å². The number of carbonyl (C=O) groups excluding carboxylic acids is 2. The smallest absolute Gasteiger partial charge is 0.352 e. The largest absolute Gasteiger partial charge is 0.416 e. The Kier molecular flexibility index (Phi) is 11.8. The first-order valence-corrected chi connectivity index (χ1v) is 18.0. The Labute approximate surface area is 293 Å². The molecule has 0 heterocycles. The minimum Gasteiger partial charge on any atom is -0.352 e. The van der Waals surface area contributed by atoms with Crippen molar-refractivity contribution in [1.29, 1.82) is 0 Å². The van der Waals surface area contributed by atoms with Crippen molar-refractivity contribution in [2.75, 3.05) is 10.8 Å². The number of hydrogen-bond acceptors (Lipinski definition) is 4. The Morgan fingerprint density at radius 3 is 2.12 bits per heavy atom. The van der Waals surface area contributed by atoms with Gasteiger partial charge in [-0.05, 0) is 54.8 Å². The van der Waals surface area contributed by atoms with Gasteiger partial charge in [-0.1, -0.05) is 97.6 Å². The molecule has 0 bridgehead atoms. The summed E-state index contributed by atoms with van der Waals surface area (Å²) in [5.41, 5.74) is -1.04. The quantitative estimate of drug-likeness (QED) is 0.151. The summed E-state index contributed by atoms with van der Waals surface area (Å²) in [4.78, 5) is 29.5. The van der Waals surface area contributed by atoms with Gasteiger partial charge in [0, 0.05) is 24.6 Å². The Hall–Kier alpha value is -4.42. The van der Waals surface area contributed by atoms with Crippen LogP contribution in [0.4, 0.5) is 23.2 Å². The van der Waals surface area contributed by atoms with Crippen molar-refractivity contribution < 1.29 is 35.6 Å². The Morgan fingerprint density at radius 1 is 0.860 bits per heavy atom. The van der Waals surface area contributed by atoms with Crippen LogP contribution in [0, 0.1) is 5.82 Å². The van der Waals surface area contributed by atoms with E-state index >= 15 is 4.39 Å². The number of nitrogens with zero attached hydrogens (tertiary/aromatic N) is 2. The fraction of sp³-hybridized carbons (Fsp3) is 0.297. The van der Waals surface area contributed by atoms with Crippen molar-refractivity contribution in [2.24, 2.45) is 0 Å². The molecule has 0 saturated heterocycles. The molecule has 1 aliphatic carbocycles. The van der Waals surface area contributed by atoms with Crippen LogP contribution in [0.25, 0.3) is 0 Å². The fourth-order valence-corrected chi connectivity index (χ4v) is 7.74. The Morgan fingerprint density at radius 2 is 1.48 bits per heavy atom. The molecule has 0 spiro atoms. The lowest BCUT2D eigenvalue weighted by molar-refractivity contribution is -0.140. The summed E-state index contributed by atoms with van der Waals surface area (Å²) < 4.78 is 85.6. The maximum absolute atomic E-state index is 15.2. The van der Waals surface area contributed by atoms with Gasteiger partial charge in [-0.25, -0.2) is 12.8 Å². The fourth-order valence-electron chi connectivity index (χ4n) is 6.02. The van der Waals surface area contributed by atoms with Gasteiger partial charge in [0.2, 0.25) is 11.8 Å². The van der Waals surface area contributed by atoms with E-state index in [1.54, 1.807) is 42.5 Å². The summed E-state index contributed by atoms with van der Waals surface area (Å²) in [6, 6.07) is 22.2. The van der Waals surface area contributed by atoms with Crippen LogP contribution in [0.1, 0.15) is 48.8 Å². The van der Waals surface area contributed by atoms with E-state index in [2.05, 4.69) is 5.32 Å². The summed E-state index contributed by atoms with van der Waals surface area (Å²) >= 11 is 6.36. The van der Waals surface area contributed by atoms with Crippen molar-refractivity contribution >= 4 is 39.1 Å². The molecule has 1 saturated carbocycles. The van der Waals surface area contributed by atoms with E-state index in [0.717, 1.165) is 43.1 Å². The topological polar surface area (TPSA) is 86.8 Å². The number of sulfonamides is 1. The second-order valence-electron chi connectivity index (χ2n) is 12.2. The van der Waals surface area contributed by atoms with E-state index in [1.807, 2.05) is 0 Å². The summed E-state index contributed by atoms with van der Waals surface area (Å²) in [6.07, 6.45) is -0.534. The molecule has 1 fully saturated rings. The molecule has 0 aromatic heterocycles. The average Bonchev–Trinajstić information content (AvgIpc) is 3.10. The molecule has 264 valence electrons. The van der Waals surface area contributed by atoms with E-state index in [-0.39, 0.29) is 27.9 Å². The van der Waals surface area contributed by atoms with Gasteiger partial charge in [0.25, 0.3) is 10.0 Å². The van der Waals surface area contributed by atoms with E-state index < -0.39 is 64.2 Å². The predicted molar refractivity (Wildman–Crippen MR) is 183 cm³/mol. The highest BCUT2D eigenvalue weighted by Crippen LogP contribution is 2.37. The van der Waals surface area contributed by atoms with Gasteiger partial charge >= 0.3 is 6.18 Å². The van der Waals surface area contributed by atoms with Crippen molar-refractivity contribution in [3.05, 3.63) is 131 Å². The van der Waals surface area contributed by atoms with Crippen LogP contribution < -0.4 is 9.62 Å². The highest BCUT2D eigenvalue weighted by Gasteiger charge is 2.38. The van der Waals surface area contributed by atoms with E-state index in [4.69, 9.17) is 11.6 Å². The number of hydrogen-bond donors (Lipinski definition) is 1. The number of benzene rings is 4. The molecule has 1 N–H and O–H groups in total. The predicted octanol–water partition coefficient (Wildman–Crippen LogP) is 7.78. The summed E-state index contributed by atoms with van der Waals surface area (Å²) in [6.45, 7) is -1.48. The zero-order valence-corrected chi connectivity index (χ0v) is 28.5. The van der Waals surface area contributed by atoms with Crippen LogP contribution in [0.2, 0.25) is 5.02 Å². The van der Waals surface area contributed by atoms with Crippen molar-refractivity contribution in [3.63, 3.8) is 0 Å². The van der Waals surface area contributed by atoms with Gasteiger partial charge in [0.1, 0.15) is 18.4 Å². The van der Waals surface area contributed by atoms with Crippen molar-refractivity contribution in [3.8, 4) is 0 Å². The second kappa shape index (κ2) is 16.1. The molecule has 2 amide bonds. The summed E-state index contributed by atoms with van der Waals surface area (Å²) in [7, 11) is -4.72. The number of amides is 2. The van der Waals surface area contributed by atoms with Crippen molar-refractivity contribution in [1.82, 2.24) is 10.2 Å². The normalized spacial score (nSPS) is 14.5. The number of carbonyl (C=O) groups is 2. The third-order valence-corrected chi connectivity index (χ3v) is 10.8. The number of alkyl halides is 3. The van der Waals surface area contributed by atoms with Gasteiger partial charge < -0.3 is 10.2 Å². The lowest BCUT2D eigenvalue weighted by atomic mass is 9.94. The molecule has 4 aromatic carbocycles. The minimum absolute atomic E-state index is 0.00463. The van der Waals surface area contributed by atoms with Crippen LogP contribution >= 0.6 is 11.6 Å². The molecule has 7 nitrogen and oxygen atoms in total. The van der Waals surface area contributed by atoms with Crippen LogP contribution in [0.5, 0.6) is 0 Å². The van der Waals surface area contributed by atoms with Crippen LogP contribution in [0.15, 0.2) is 108 Å². The van der Waals surface area contributed by atoms with Crippen LogP contribution in [-0.2, 0) is 38.8 Å². The first kappa shape index (κ1) is 36.9. The zero-order valence-electron chi connectivity index (χ0n) is 27.0. The molecule has 13 heteroatoms. The molecular weight excluding hydrogens is 694 g/mol. The molecule has 0 unspecified atom stereocenters. The highest BCUT2D eigenvalue weighted by molar-refractivity contribution is 7.92. The first-order chi connectivity index (χ1) is 23.8. The lowest BCUT2D eigenvalue weighted by Crippen LogP contribution is -2.55. The zero-order chi connectivity index (χ0) is 35.9. The van der Waals surface area contributed by atoms with Gasteiger partial charge in [-0.2, -0.15) is 13.2 Å². The van der Waals surface area contributed by atoms with Gasteiger partial charge in [-0.15, -0.1) is 0 Å². The molecule has 0 aliphatic heterocycles. The molecule has 4 aromatic rings. The highest BCUT2D eigenvalue weighted by atomic mass is 35.5. The number of nitrogens with one attached hydrogen (secondary N) is 1. The summed E-state index contributed by atoms with van der Waals surface area (Å²) in [5, 5.41) is 2.69. The first-order valence-electron chi connectivity index (χ1n) is 16.2. The third-order valence-electron chi connectivity index (χ3n) is 8.67. The van der Waals surface area contributed by atoms with Crippen LogP contribution in [-0.4, -0.2) is 43.8 Å². The standard InChI is InChI=1S/C37H36ClF4N3O4S/c38-31-21-20-28(37(40,41)42)23-33(31)45(50(48,49)30-17-8-3-9-18-30)25-35(46)44(24-27-14-10-11-19-32(27)39)34(22-26-12-4-1-5-13-26)36(47)43-29-15-6-2-7-16-29/h1,3-5,8-14,17-21,23,29,34H,2,6-7,15-16,22,24-25H2,(H,43,47)/t34-/m0/s1. The minimum atomic E-state index is -4.86. The maximum Gasteiger partial charge on any atom is 0.416 e. The molecule has 5 rings (SSSR count). The van der Waals surface area contributed by atoms with Gasteiger partial charge in [-0.3, -0.25) is 13.9 Å².